The van der Waals surface area contributed by atoms with Crippen LogP contribution in [0.1, 0.15) is 0 Å². The van der Waals surface area contributed by atoms with Crippen LogP contribution in [0, 0.1) is 0 Å². The van der Waals surface area contributed by atoms with Crippen LogP contribution in [0.5, 0.6) is 11.5 Å². The number of hydrogen-bond donors (Lipinski definition) is 4. The maximum absolute atomic E-state index is 11.9. The molecule has 0 aliphatic carbocycles. The molecule has 0 bridgehead atoms. The first-order valence-electron chi connectivity index (χ1n) is 6.65. The fourth-order valence-corrected chi connectivity index (χ4v) is 2.64. The van der Waals surface area contributed by atoms with Crippen LogP contribution in [0.15, 0.2) is 32.1 Å². The van der Waals surface area contributed by atoms with E-state index < -0.39 is 36.6 Å². The molecule has 4 atom stereocenters. The highest BCUT2D eigenvalue weighted by Crippen LogP contribution is 2.31. The van der Waals surface area contributed by atoms with Gasteiger partial charge in [0.15, 0.2) is 0 Å². The van der Waals surface area contributed by atoms with E-state index in [1.54, 1.807) is 0 Å². The van der Waals surface area contributed by atoms with Crippen molar-refractivity contribution in [3.05, 3.63) is 33.1 Å². The summed E-state index contributed by atoms with van der Waals surface area (Å²) in [6, 6.07) is 2.51. The van der Waals surface area contributed by atoms with Gasteiger partial charge in [-0.15, -0.1) is 0 Å². The number of phenols is 1. The van der Waals surface area contributed by atoms with Crippen LogP contribution >= 0.6 is 15.9 Å². The second-order valence-electron chi connectivity index (χ2n) is 5.05. The second-order valence-corrected chi connectivity index (χ2v) is 5.91. The van der Waals surface area contributed by atoms with E-state index >= 15 is 0 Å². The van der Waals surface area contributed by atoms with Gasteiger partial charge in [0.25, 0.3) is 0 Å². The van der Waals surface area contributed by atoms with E-state index in [4.69, 9.17) is 19.0 Å². The summed E-state index contributed by atoms with van der Waals surface area (Å²) in [5.41, 5.74) is -0.358. The number of aliphatic hydroxyl groups is 3. The van der Waals surface area contributed by atoms with Crippen LogP contribution < -0.4 is 10.2 Å². The van der Waals surface area contributed by atoms with E-state index in [-0.39, 0.29) is 26.9 Å². The van der Waals surface area contributed by atoms with Crippen molar-refractivity contribution >= 4 is 26.9 Å². The van der Waals surface area contributed by atoms with Crippen molar-refractivity contribution in [3.8, 4) is 11.5 Å². The zero-order chi connectivity index (χ0) is 16.7. The molecule has 0 amide bonds. The third-order valence-corrected chi connectivity index (χ3v) is 4.09. The van der Waals surface area contributed by atoms with Gasteiger partial charge in [-0.25, -0.2) is 0 Å². The number of rotatable bonds is 3. The van der Waals surface area contributed by atoms with Crippen LogP contribution in [0.3, 0.4) is 0 Å². The Balaban J connectivity index is 1.93. The number of benzene rings is 1. The maximum Gasteiger partial charge on any atom is 0.229 e. The standard InChI is InChI=1S/C14H13BrO8/c15-6-4-21-8-2-5(1-7(17)10(8)11(6)18)22-14-13(20)12(19)9(3-16)23-14/h1-2,4,9,12-14,16-17,19-20H,3H2/t9-,12-,13+,14+/m1/s1. The van der Waals surface area contributed by atoms with Crippen molar-refractivity contribution < 1.29 is 34.3 Å². The van der Waals surface area contributed by atoms with Crippen LogP contribution in [0.25, 0.3) is 11.0 Å². The number of aromatic hydroxyl groups is 1. The number of halogens is 1. The Hall–Kier alpha value is -1.65. The smallest absolute Gasteiger partial charge is 0.229 e. The zero-order valence-corrected chi connectivity index (χ0v) is 13.1. The van der Waals surface area contributed by atoms with Gasteiger partial charge in [0.2, 0.25) is 11.7 Å². The first kappa shape index (κ1) is 16.2. The van der Waals surface area contributed by atoms with Crippen LogP contribution in [-0.4, -0.2) is 51.6 Å². The quantitative estimate of drug-likeness (QED) is 0.581. The molecule has 9 heteroatoms. The minimum atomic E-state index is -1.37. The van der Waals surface area contributed by atoms with Gasteiger partial charge in [0.1, 0.15) is 51.5 Å². The predicted octanol–water partition coefficient (Wildman–Crippen LogP) is 0.0789. The fourth-order valence-electron chi connectivity index (χ4n) is 2.35. The first-order valence-corrected chi connectivity index (χ1v) is 7.45. The summed E-state index contributed by atoms with van der Waals surface area (Å²) >= 11 is 3.02. The van der Waals surface area contributed by atoms with Crippen molar-refractivity contribution in [1.29, 1.82) is 0 Å². The Morgan fingerprint density at radius 3 is 2.65 bits per heavy atom. The van der Waals surface area contributed by atoms with Crippen molar-refractivity contribution in [2.45, 2.75) is 24.6 Å². The molecule has 23 heavy (non-hydrogen) atoms. The average Bonchev–Trinajstić information content (AvgIpc) is 2.78. The third kappa shape index (κ3) is 2.81. The number of phenolic OH excluding ortho intramolecular Hbond substituents is 1. The number of hydrogen-bond acceptors (Lipinski definition) is 8. The second kappa shape index (κ2) is 6.10. The third-order valence-electron chi connectivity index (χ3n) is 3.54. The summed E-state index contributed by atoms with van der Waals surface area (Å²) in [4.78, 5) is 11.9. The Morgan fingerprint density at radius 2 is 2.00 bits per heavy atom. The van der Waals surface area contributed by atoms with Gasteiger partial charge < -0.3 is 34.3 Å². The molecule has 0 spiro atoms. The van der Waals surface area contributed by atoms with Gasteiger partial charge in [-0.2, -0.15) is 0 Å². The van der Waals surface area contributed by atoms with Crippen molar-refractivity contribution in [2.24, 2.45) is 0 Å². The molecular weight excluding hydrogens is 376 g/mol. The van der Waals surface area contributed by atoms with Gasteiger partial charge in [-0.05, 0) is 15.9 Å². The molecule has 1 aliphatic heterocycles. The topological polar surface area (TPSA) is 130 Å². The van der Waals surface area contributed by atoms with E-state index in [1.807, 2.05) is 0 Å². The van der Waals surface area contributed by atoms with Crippen LogP contribution in [-0.2, 0) is 4.74 Å². The molecule has 2 aromatic rings. The van der Waals surface area contributed by atoms with Crippen LogP contribution in [0.4, 0.5) is 0 Å². The molecule has 8 nitrogen and oxygen atoms in total. The van der Waals surface area contributed by atoms with Gasteiger partial charge in [0, 0.05) is 12.1 Å². The molecule has 1 saturated heterocycles. The molecular formula is C14H13BrO8. The Kier molecular flexibility index (Phi) is 4.30. The lowest BCUT2D eigenvalue weighted by Gasteiger charge is -2.17. The molecule has 1 fully saturated rings. The minimum absolute atomic E-state index is 0.0205. The molecule has 0 radical (unpaired) electrons. The number of fused-ring (bicyclic) bond motifs is 1. The van der Waals surface area contributed by atoms with Crippen molar-refractivity contribution in [1.82, 2.24) is 0 Å². The van der Waals surface area contributed by atoms with Crippen molar-refractivity contribution in [3.63, 3.8) is 0 Å². The number of ether oxygens (including phenoxy) is 2. The molecule has 0 unspecified atom stereocenters. The summed E-state index contributed by atoms with van der Waals surface area (Å²) in [5.74, 6) is -0.297. The fraction of sp³-hybridized carbons (Fsp3) is 0.357. The first-order chi connectivity index (χ1) is 10.9. The maximum atomic E-state index is 11.9. The lowest BCUT2D eigenvalue weighted by molar-refractivity contribution is -0.116. The molecule has 1 aliphatic rings. The Bertz CT molecular complexity index is 788. The van der Waals surface area contributed by atoms with E-state index in [0.717, 1.165) is 0 Å². The number of aliphatic hydroxyl groups excluding tert-OH is 3. The van der Waals surface area contributed by atoms with E-state index in [9.17, 15) is 20.1 Å². The zero-order valence-electron chi connectivity index (χ0n) is 11.5. The molecule has 3 rings (SSSR count). The average molecular weight is 389 g/mol. The SMILES string of the molecule is O=c1c(Br)coc2cc(O[C@H]3O[C@H](CO)[C@@H](O)[C@@H]3O)cc(O)c12. The highest BCUT2D eigenvalue weighted by atomic mass is 79.9. The molecule has 1 aromatic heterocycles. The molecule has 4 N–H and O–H groups in total. The van der Waals surface area contributed by atoms with Gasteiger partial charge in [-0.1, -0.05) is 0 Å². The highest BCUT2D eigenvalue weighted by Gasteiger charge is 2.44. The molecule has 124 valence electrons. The monoisotopic (exact) mass is 388 g/mol. The van der Waals surface area contributed by atoms with Crippen LogP contribution in [0.2, 0.25) is 0 Å². The van der Waals surface area contributed by atoms with Gasteiger partial charge in [0.05, 0.1) is 6.61 Å². The van der Waals surface area contributed by atoms with E-state index in [1.165, 1.54) is 18.4 Å². The van der Waals surface area contributed by atoms with E-state index in [0.29, 0.717) is 0 Å². The lowest BCUT2D eigenvalue weighted by Crippen LogP contribution is -2.35. The summed E-state index contributed by atoms with van der Waals surface area (Å²) in [5, 5.41) is 38.5. The Morgan fingerprint density at radius 1 is 1.26 bits per heavy atom. The summed E-state index contributed by atoms with van der Waals surface area (Å²) < 4.78 is 15.9. The minimum Gasteiger partial charge on any atom is -0.507 e. The summed E-state index contributed by atoms with van der Waals surface area (Å²) in [6.45, 7) is -0.482. The summed E-state index contributed by atoms with van der Waals surface area (Å²) in [7, 11) is 0. The normalized spacial score (nSPS) is 27.5. The predicted molar refractivity (Wildman–Crippen MR) is 80.2 cm³/mol. The highest BCUT2D eigenvalue weighted by molar-refractivity contribution is 9.10. The Labute approximate surface area is 137 Å². The molecule has 1 aromatic carbocycles. The summed E-state index contributed by atoms with van der Waals surface area (Å²) in [6.07, 6.45) is -3.70. The van der Waals surface area contributed by atoms with E-state index in [2.05, 4.69) is 15.9 Å². The molecule has 0 saturated carbocycles. The largest absolute Gasteiger partial charge is 0.507 e. The van der Waals surface area contributed by atoms with Crippen molar-refractivity contribution in [2.75, 3.05) is 6.61 Å². The van der Waals surface area contributed by atoms with Gasteiger partial charge in [-0.3, -0.25) is 4.79 Å². The van der Waals surface area contributed by atoms with Gasteiger partial charge >= 0.3 is 0 Å². The molecule has 2 heterocycles. The lowest BCUT2D eigenvalue weighted by atomic mass is 10.1.